The molecule has 0 bridgehead atoms. The third-order valence-electron chi connectivity index (χ3n) is 3.92. The SMILES string of the molecule is CCOc1cc2c(cc1-c1cn(CC(O)CO)nn1)CCC2. The van der Waals surface area contributed by atoms with E-state index in [9.17, 15) is 5.11 Å². The van der Waals surface area contributed by atoms with Crippen LogP contribution < -0.4 is 4.74 Å². The second-order valence-corrected chi connectivity index (χ2v) is 5.57. The quantitative estimate of drug-likeness (QED) is 0.838. The van der Waals surface area contributed by atoms with Gasteiger partial charge in [-0.3, -0.25) is 0 Å². The first-order chi connectivity index (χ1) is 10.7. The topological polar surface area (TPSA) is 80.4 Å². The molecule has 6 heteroatoms. The van der Waals surface area contributed by atoms with Crippen molar-refractivity contribution in [2.75, 3.05) is 13.2 Å². The second kappa shape index (κ2) is 6.46. The Labute approximate surface area is 129 Å². The lowest BCUT2D eigenvalue weighted by Gasteiger charge is -2.11. The number of fused-ring (bicyclic) bond motifs is 1. The van der Waals surface area contributed by atoms with Crippen LogP contribution in [0.4, 0.5) is 0 Å². The molecular weight excluding hydrogens is 282 g/mol. The van der Waals surface area contributed by atoms with Crippen molar-refractivity contribution in [2.45, 2.75) is 38.8 Å². The van der Waals surface area contributed by atoms with Crippen LogP contribution in [0.5, 0.6) is 5.75 Å². The van der Waals surface area contributed by atoms with E-state index in [-0.39, 0.29) is 13.2 Å². The van der Waals surface area contributed by atoms with Gasteiger partial charge >= 0.3 is 0 Å². The Balaban J connectivity index is 1.93. The maximum absolute atomic E-state index is 9.49. The van der Waals surface area contributed by atoms with E-state index < -0.39 is 6.10 Å². The van der Waals surface area contributed by atoms with Crippen molar-refractivity contribution >= 4 is 0 Å². The Kier molecular flexibility index (Phi) is 4.40. The van der Waals surface area contributed by atoms with Gasteiger partial charge in [0.2, 0.25) is 0 Å². The van der Waals surface area contributed by atoms with E-state index in [0.29, 0.717) is 6.61 Å². The molecule has 118 valence electrons. The lowest BCUT2D eigenvalue weighted by Crippen LogP contribution is -2.20. The summed E-state index contributed by atoms with van der Waals surface area (Å²) in [6.07, 6.45) is 4.32. The molecule has 6 nitrogen and oxygen atoms in total. The van der Waals surface area contributed by atoms with Gasteiger partial charge < -0.3 is 14.9 Å². The third-order valence-corrected chi connectivity index (χ3v) is 3.92. The molecule has 0 amide bonds. The van der Waals surface area contributed by atoms with Crippen molar-refractivity contribution in [3.63, 3.8) is 0 Å². The Morgan fingerprint density at radius 3 is 2.82 bits per heavy atom. The zero-order chi connectivity index (χ0) is 15.5. The first-order valence-corrected chi connectivity index (χ1v) is 7.69. The van der Waals surface area contributed by atoms with Gasteiger partial charge in [0.25, 0.3) is 0 Å². The highest BCUT2D eigenvalue weighted by Gasteiger charge is 2.18. The minimum absolute atomic E-state index is 0.221. The lowest BCUT2D eigenvalue weighted by atomic mass is 10.0. The summed E-state index contributed by atoms with van der Waals surface area (Å²) in [7, 11) is 0. The van der Waals surface area contributed by atoms with Crippen molar-refractivity contribution in [3.8, 4) is 17.0 Å². The van der Waals surface area contributed by atoms with Crippen LogP contribution in [-0.2, 0) is 19.4 Å². The van der Waals surface area contributed by atoms with Crippen LogP contribution in [0, 0.1) is 0 Å². The normalized spacial score (nSPS) is 14.9. The number of aliphatic hydroxyl groups is 2. The molecule has 0 saturated carbocycles. The molecule has 1 heterocycles. The molecule has 1 aromatic heterocycles. The van der Waals surface area contributed by atoms with Gasteiger partial charge in [-0.15, -0.1) is 5.10 Å². The van der Waals surface area contributed by atoms with Gasteiger partial charge in [-0.1, -0.05) is 5.21 Å². The number of hydrogen-bond acceptors (Lipinski definition) is 5. The summed E-state index contributed by atoms with van der Waals surface area (Å²) < 4.78 is 7.30. The second-order valence-electron chi connectivity index (χ2n) is 5.57. The number of aliphatic hydroxyl groups excluding tert-OH is 2. The molecule has 2 N–H and O–H groups in total. The van der Waals surface area contributed by atoms with E-state index in [4.69, 9.17) is 9.84 Å². The Morgan fingerprint density at radius 1 is 1.32 bits per heavy atom. The first kappa shape index (κ1) is 15.0. The van der Waals surface area contributed by atoms with E-state index >= 15 is 0 Å². The van der Waals surface area contributed by atoms with Gasteiger partial charge in [-0.05, 0) is 49.4 Å². The molecule has 0 fully saturated rings. The maximum atomic E-state index is 9.49. The minimum Gasteiger partial charge on any atom is -0.493 e. The maximum Gasteiger partial charge on any atom is 0.129 e. The minimum atomic E-state index is -0.832. The van der Waals surface area contributed by atoms with Gasteiger partial charge in [0, 0.05) is 5.56 Å². The van der Waals surface area contributed by atoms with E-state index in [0.717, 1.165) is 29.8 Å². The number of hydrogen-bond donors (Lipinski definition) is 2. The molecule has 1 aromatic carbocycles. The highest BCUT2D eigenvalue weighted by molar-refractivity contribution is 5.69. The van der Waals surface area contributed by atoms with Gasteiger partial charge in [0.15, 0.2) is 0 Å². The summed E-state index contributed by atoms with van der Waals surface area (Å²) in [5.41, 5.74) is 4.37. The van der Waals surface area contributed by atoms with Crippen molar-refractivity contribution in [3.05, 3.63) is 29.5 Å². The van der Waals surface area contributed by atoms with Crippen molar-refractivity contribution in [2.24, 2.45) is 0 Å². The molecule has 1 aliphatic carbocycles. The fourth-order valence-electron chi connectivity index (χ4n) is 2.86. The number of aryl methyl sites for hydroxylation is 2. The molecule has 1 atom stereocenters. The van der Waals surface area contributed by atoms with E-state index in [1.807, 2.05) is 6.92 Å². The molecular formula is C16H21N3O3. The zero-order valence-corrected chi connectivity index (χ0v) is 12.7. The van der Waals surface area contributed by atoms with Crippen LogP contribution >= 0.6 is 0 Å². The third kappa shape index (κ3) is 2.98. The van der Waals surface area contributed by atoms with Crippen LogP contribution in [0.25, 0.3) is 11.3 Å². The average molecular weight is 303 g/mol. The fraction of sp³-hybridized carbons (Fsp3) is 0.500. The van der Waals surface area contributed by atoms with Gasteiger partial charge in [-0.25, -0.2) is 4.68 Å². The first-order valence-electron chi connectivity index (χ1n) is 7.69. The summed E-state index contributed by atoms with van der Waals surface area (Å²) in [5.74, 6) is 0.831. The smallest absolute Gasteiger partial charge is 0.129 e. The molecule has 0 saturated heterocycles. The summed E-state index contributed by atoms with van der Waals surface area (Å²) in [6.45, 7) is 2.49. The standard InChI is InChI=1S/C16H21N3O3/c1-2-22-16-7-12-5-3-4-11(12)6-14(16)15-9-19(18-17-15)8-13(21)10-20/h6-7,9,13,20-21H,2-5,8,10H2,1H3. The number of ether oxygens (including phenoxy) is 1. The summed E-state index contributed by atoms with van der Waals surface area (Å²) in [5, 5.41) is 26.6. The Morgan fingerprint density at radius 2 is 2.09 bits per heavy atom. The lowest BCUT2D eigenvalue weighted by molar-refractivity contribution is 0.0778. The number of rotatable bonds is 6. The number of benzene rings is 1. The molecule has 0 spiro atoms. The van der Waals surface area contributed by atoms with Crippen LogP contribution in [0.15, 0.2) is 18.3 Å². The Bertz CT molecular complexity index is 654. The van der Waals surface area contributed by atoms with E-state index in [1.54, 1.807) is 10.9 Å². The fourth-order valence-corrected chi connectivity index (χ4v) is 2.86. The summed E-state index contributed by atoms with van der Waals surface area (Å²) in [6, 6.07) is 4.26. The molecule has 22 heavy (non-hydrogen) atoms. The van der Waals surface area contributed by atoms with E-state index in [1.165, 1.54) is 17.5 Å². The largest absolute Gasteiger partial charge is 0.493 e. The zero-order valence-electron chi connectivity index (χ0n) is 12.7. The summed E-state index contributed by atoms with van der Waals surface area (Å²) >= 11 is 0. The van der Waals surface area contributed by atoms with Gasteiger partial charge in [-0.2, -0.15) is 0 Å². The molecule has 3 rings (SSSR count). The monoisotopic (exact) mass is 303 g/mol. The van der Waals surface area contributed by atoms with Crippen molar-refractivity contribution < 1.29 is 14.9 Å². The van der Waals surface area contributed by atoms with Gasteiger partial charge in [0.05, 0.1) is 32.1 Å². The average Bonchev–Trinajstić information content (AvgIpc) is 3.15. The van der Waals surface area contributed by atoms with Crippen LogP contribution in [0.1, 0.15) is 24.5 Å². The predicted molar refractivity (Wildman–Crippen MR) is 81.7 cm³/mol. The molecule has 0 radical (unpaired) electrons. The van der Waals surface area contributed by atoms with Crippen molar-refractivity contribution in [1.82, 2.24) is 15.0 Å². The van der Waals surface area contributed by atoms with Crippen LogP contribution in [-0.4, -0.2) is 44.5 Å². The van der Waals surface area contributed by atoms with Crippen molar-refractivity contribution in [1.29, 1.82) is 0 Å². The van der Waals surface area contributed by atoms with E-state index in [2.05, 4.69) is 22.4 Å². The van der Waals surface area contributed by atoms with Gasteiger partial charge in [0.1, 0.15) is 11.4 Å². The van der Waals surface area contributed by atoms with Crippen LogP contribution in [0.3, 0.4) is 0 Å². The molecule has 1 aliphatic rings. The number of aromatic nitrogens is 3. The number of nitrogens with zero attached hydrogens (tertiary/aromatic N) is 3. The highest BCUT2D eigenvalue weighted by atomic mass is 16.5. The Hall–Kier alpha value is -1.92. The molecule has 1 unspecified atom stereocenters. The highest BCUT2D eigenvalue weighted by Crippen LogP contribution is 2.35. The van der Waals surface area contributed by atoms with Crippen LogP contribution in [0.2, 0.25) is 0 Å². The molecule has 0 aliphatic heterocycles. The predicted octanol–water partition coefficient (Wildman–Crippen LogP) is 1.19. The summed E-state index contributed by atoms with van der Waals surface area (Å²) in [4.78, 5) is 0. The molecule has 2 aromatic rings.